The van der Waals surface area contributed by atoms with Gasteiger partial charge < -0.3 is 10.3 Å². The summed E-state index contributed by atoms with van der Waals surface area (Å²) in [4.78, 5) is 0.873. The Hall–Kier alpha value is -1.29. The monoisotopic (exact) mass is 287 g/mol. The first-order valence-electron chi connectivity index (χ1n) is 5.13. The zero-order valence-electron chi connectivity index (χ0n) is 9.70. The number of aryl methyl sites for hydroxylation is 1. The number of sulfonamides is 1. The van der Waals surface area contributed by atoms with Gasteiger partial charge >= 0.3 is 0 Å². The summed E-state index contributed by atoms with van der Waals surface area (Å²) in [5.41, 5.74) is 5.50. The van der Waals surface area contributed by atoms with Gasteiger partial charge in [-0.25, -0.2) is 13.1 Å². The minimum absolute atomic E-state index is 0.0959. The topological polar surface area (TPSA) is 103 Å². The van der Waals surface area contributed by atoms with E-state index in [1.165, 1.54) is 17.7 Å². The molecule has 0 spiro atoms. The minimum atomic E-state index is -3.55. The highest BCUT2D eigenvalue weighted by Crippen LogP contribution is 2.21. The van der Waals surface area contributed by atoms with E-state index in [0.717, 1.165) is 0 Å². The van der Waals surface area contributed by atoms with Gasteiger partial charge in [0.05, 0.1) is 11.4 Å². The Morgan fingerprint density at radius 2 is 2.33 bits per heavy atom. The van der Waals surface area contributed by atoms with Gasteiger partial charge in [-0.05, 0) is 11.4 Å². The molecule has 0 atom stereocenters. The first-order valence-corrected chi connectivity index (χ1v) is 7.50. The highest BCUT2D eigenvalue weighted by molar-refractivity contribution is 7.89. The van der Waals surface area contributed by atoms with Crippen molar-refractivity contribution in [1.29, 1.82) is 0 Å². The maximum absolute atomic E-state index is 12.1. The molecule has 2 rings (SSSR count). The molecule has 0 bridgehead atoms. The molecule has 0 amide bonds. The average Bonchev–Trinajstić information content (AvgIpc) is 2.95. The van der Waals surface area contributed by atoms with E-state index in [-0.39, 0.29) is 18.0 Å². The molecule has 0 aliphatic heterocycles. The molecule has 18 heavy (non-hydrogen) atoms. The second-order valence-electron chi connectivity index (χ2n) is 3.59. The molecule has 0 saturated heterocycles. The van der Waals surface area contributed by atoms with Crippen molar-refractivity contribution in [3.05, 3.63) is 28.5 Å². The van der Waals surface area contributed by atoms with Gasteiger partial charge in [0.2, 0.25) is 10.0 Å². The number of rotatable bonds is 5. The van der Waals surface area contributed by atoms with E-state index < -0.39 is 10.0 Å². The normalized spacial score (nSPS) is 11.9. The molecule has 2 heterocycles. The first-order chi connectivity index (χ1) is 8.54. The number of hydrogen-bond donors (Lipinski definition) is 2. The van der Waals surface area contributed by atoms with Crippen molar-refractivity contribution in [1.82, 2.24) is 19.5 Å². The second-order valence-corrected chi connectivity index (χ2v) is 6.33. The fourth-order valence-corrected chi connectivity index (χ4v) is 3.73. The predicted octanol–water partition coefficient (Wildman–Crippen LogP) is -0.186. The second kappa shape index (κ2) is 5.14. The van der Waals surface area contributed by atoms with Crippen LogP contribution in [-0.4, -0.2) is 23.2 Å². The van der Waals surface area contributed by atoms with Crippen molar-refractivity contribution in [3.63, 3.8) is 0 Å². The number of thiophene rings is 1. The molecule has 0 aliphatic carbocycles. The standard InChI is InChI=1S/C9H13N5O2S2/c1-14-6-11-13-9(14)5-12-18(15,16)8-2-3-17-7(8)4-10/h2-3,6,12H,4-5,10H2,1H3. The molecule has 0 unspecified atom stereocenters. The van der Waals surface area contributed by atoms with Crippen molar-refractivity contribution in [2.75, 3.05) is 0 Å². The molecule has 3 N–H and O–H groups in total. The van der Waals surface area contributed by atoms with Crippen LogP contribution in [0.1, 0.15) is 10.7 Å². The molecule has 0 saturated carbocycles. The van der Waals surface area contributed by atoms with Crippen LogP contribution >= 0.6 is 11.3 Å². The highest BCUT2D eigenvalue weighted by atomic mass is 32.2. The van der Waals surface area contributed by atoms with Crippen molar-refractivity contribution in [2.45, 2.75) is 18.0 Å². The van der Waals surface area contributed by atoms with E-state index in [0.29, 0.717) is 10.7 Å². The van der Waals surface area contributed by atoms with Gasteiger partial charge in [-0.1, -0.05) is 0 Å². The molecule has 7 nitrogen and oxygen atoms in total. The third-order valence-corrected chi connectivity index (χ3v) is 4.96. The van der Waals surface area contributed by atoms with Crippen LogP contribution < -0.4 is 10.5 Å². The Bertz CT molecular complexity index is 631. The molecule has 0 aliphatic rings. The fraction of sp³-hybridized carbons (Fsp3) is 0.333. The minimum Gasteiger partial charge on any atom is -0.326 e. The summed E-state index contributed by atoms with van der Waals surface area (Å²) in [6.45, 7) is 0.302. The van der Waals surface area contributed by atoms with Gasteiger partial charge in [0.1, 0.15) is 12.2 Å². The average molecular weight is 287 g/mol. The highest BCUT2D eigenvalue weighted by Gasteiger charge is 2.19. The Morgan fingerprint density at radius 3 is 2.94 bits per heavy atom. The number of nitrogens with one attached hydrogen (secondary N) is 1. The molecular formula is C9H13N5O2S2. The number of aromatic nitrogens is 3. The lowest BCUT2D eigenvalue weighted by Gasteiger charge is -2.06. The first kappa shape index (κ1) is 13.1. The van der Waals surface area contributed by atoms with Crippen LogP contribution in [-0.2, 0) is 30.2 Å². The fourth-order valence-electron chi connectivity index (χ4n) is 1.42. The van der Waals surface area contributed by atoms with Gasteiger partial charge in [-0.15, -0.1) is 21.5 Å². The SMILES string of the molecule is Cn1cnnc1CNS(=O)(=O)c1ccsc1CN. The quantitative estimate of drug-likeness (QED) is 0.793. The Labute approximate surface area is 109 Å². The summed E-state index contributed by atoms with van der Waals surface area (Å²) in [7, 11) is -1.80. The van der Waals surface area contributed by atoms with Crippen molar-refractivity contribution in [3.8, 4) is 0 Å². The van der Waals surface area contributed by atoms with E-state index in [1.54, 1.807) is 23.1 Å². The van der Waals surface area contributed by atoms with Crippen molar-refractivity contribution in [2.24, 2.45) is 12.8 Å². The van der Waals surface area contributed by atoms with E-state index in [4.69, 9.17) is 5.73 Å². The number of nitrogens with two attached hydrogens (primary N) is 1. The van der Waals surface area contributed by atoms with Gasteiger partial charge in [0.25, 0.3) is 0 Å². The van der Waals surface area contributed by atoms with E-state index in [2.05, 4.69) is 14.9 Å². The molecule has 0 radical (unpaired) electrons. The third kappa shape index (κ3) is 2.58. The van der Waals surface area contributed by atoms with E-state index >= 15 is 0 Å². The molecule has 2 aromatic rings. The molecule has 0 fully saturated rings. The number of nitrogens with zero attached hydrogens (tertiary/aromatic N) is 3. The molecule has 9 heteroatoms. The Kier molecular flexibility index (Phi) is 3.76. The number of hydrogen-bond acceptors (Lipinski definition) is 6. The van der Waals surface area contributed by atoms with Crippen LogP contribution in [0.5, 0.6) is 0 Å². The zero-order valence-corrected chi connectivity index (χ0v) is 11.3. The van der Waals surface area contributed by atoms with Crippen molar-refractivity contribution >= 4 is 21.4 Å². The van der Waals surface area contributed by atoms with Crippen molar-refractivity contribution < 1.29 is 8.42 Å². The molecule has 98 valence electrons. The molecule has 0 aromatic carbocycles. The molecule has 2 aromatic heterocycles. The third-order valence-electron chi connectivity index (χ3n) is 2.40. The van der Waals surface area contributed by atoms with Gasteiger partial charge in [0, 0.05) is 18.5 Å². The largest absolute Gasteiger partial charge is 0.326 e. The van der Waals surface area contributed by atoms with Crippen LogP contribution in [0.4, 0.5) is 0 Å². The summed E-state index contributed by atoms with van der Waals surface area (Å²) >= 11 is 1.33. The van der Waals surface area contributed by atoms with Gasteiger partial charge in [-0.3, -0.25) is 0 Å². The van der Waals surface area contributed by atoms with Crippen LogP contribution in [0.25, 0.3) is 0 Å². The summed E-state index contributed by atoms with van der Waals surface area (Å²) in [5, 5.41) is 9.19. The van der Waals surface area contributed by atoms with Gasteiger partial charge in [-0.2, -0.15) is 0 Å². The van der Waals surface area contributed by atoms with Crippen LogP contribution in [0, 0.1) is 0 Å². The lowest BCUT2D eigenvalue weighted by Crippen LogP contribution is -2.25. The lowest BCUT2D eigenvalue weighted by atomic mass is 10.5. The summed E-state index contributed by atoms with van der Waals surface area (Å²) in [5.74, 6) is 0.545. The Morgan fingerprint density at radius 1 is 1.56 bits per heavy atom. The summed E-state index contributed by atoms with van der Waals surface area (Å²) < 4.78 is 28.3. The lowest BCUT2D eigenvalue weighted by molar-refractivity contribution is 0.577. The molecular weight excluding hydrogens is 274 g/mol. The van der Waals surface area contributed by atoms with Crippen LogP contribution in [0.2, 0.25) is 0 Å². The Balaban J connectivity index is 2.16. The maximum atomic E-state index is 12.1. The maximum Gasteiger partial charge on any atom is 0.242 e. The van der Waals surface area contributed by atoms with Crippen LogP contribution in [0.3, 0.4) is 0 Å². The van der Waals surface area contributed by atoms with Gasteiger partial charge in [0.15, 0.2) is 0 Å². The van der Waals surface area contributed by atoms with E-state index in [9.17, 15) is 8.42 Å². The smallest absolute Gasteiger partial charge is 0.242 e. The van der Waals surface area contributed by atoms with Crippen LogP contribution in [0.15, 0.2) is 22.7 Å². The summed E-state index contributed by atoms with van der Waals surface area (Å²) in [6, 6.07) is 1.55. The van der Waals surface area contributed by atoms with E-state index in [1.807, 2.05) is 0 Å². The zero-order chi connectivity index (χ0) is 13.2. The summed E-state index contributed by atoms with van der Waals surface area (Å²) in [6.07, 6.45) is 1.51. The predicted molar refractivity (Wildman–Crippen MR) is 67.2 cm³/mol.